The maximum atomic E-state index is 10.9. The van der Waals surface area contributed by atoms with Gasteiger partial charge in [-0.25, -0.2) is 4.98 Å². The molecule has 1 saturated carbocycles. The summed E-state index contributed by atoms with van der Waals surface area (Å²) in [7, 11) is 0. The first-order valence-corrected chi connectivity index (χ1v) is 6.40. The molecular formula is C13H18N4O. The molecule has 2 aliphatic rings. The normalized spacial score (nSPS) is 30.1. The molecule has 1 aliphatic heterocycles. The number of carbonyl (C=O) groups is 1. The van der Waals surface area contributed by atoms with E-state index >= 15 is 0 Å². The first-order valence-electron chi connectivity index (χ1n) is 6.40. The quantitative estimate of drug-likeness (QED) is 0.734. The Bertz CT molecular complexity index is 443. The van der Waals surface area contributed by atoms with Gasteiger partial charge in [0, 0.05) is 18.8 Å². The number of nitrogens with one attached hydrogen (secondary N) is 2. The first-order chi connectivity index (χ1) is 8.67. The monoisotopic (exact) mass is 246 g/mol. The van der Waals surface area contributed by atoms with E-state index < -0.39 is 5.91 Å². The van der Waals surface area contributed by atoms with Gasteiger partial charge in [0.1, 0.15) is 5.82 Å². The molecule has 0 unspecified atom stereocenters. The van der Waals surface area contributed by atoms with Crippen LogP contribution < -0.4 is 16.4 Å². The highest BCUT2D eigenvalue weighted by Gasteiger charge is 2.45. The van der Waals surface area contributed by atoms with Crippen LogP contribution in [0, 0.1) is 5.41 Å². The maximum absolute atomic E-state index is 10.9. The predicted octanol–water partition coefficient (Wildman–Crippen LogP) is 0.734. The van der Waals surface area contributed by atoms with Crippen molar-refractivity contribution in [3.63, 3.8) is 0 Å². The molecule has 4 N–H and O–H groups in total. The van der Waals surface area contributed by atoms with Gasteiger partial charge in [-0.1, -0.05) is 0 Å². The summed E-state index contributed by atoms with van der Waals surface area (Å²) in [6, 6.07) is 4.04. The van der Waals surface area contributed by atoms with Crippen molar-refractivity contribution in [1.29, 1.82) is 0 Å². The summed E-state index contributed by atoms with van der Waals surface area (Å²) in [5.74, 6) is 0.388. The zero-order valence-corrected chi connectivity index (χ0v) is 10.3. The summed E-state index contributed by atoms with van der Waals surface area (Å²) in [6.45, 7) is 2.30. The number of nitrogens with zero attached hydrogens (tertiary/aromatic N) is 1. The molecule has 2 heterocycles. The molecule has 18 heavy (non-hydrogen) atoms. The van der Waals surface area contributed by atoms with Crippen molar-refractivity contribution in [2.45, 2.75) is 25.3 Å². The fourth-order valence-corrected chi connectivity index (χ4v) is 3.07. The highest BCUT2D eigenvalue weighted by molar-refractivity contribution is 5.92. The van der Waals surface area contributed by atoms with Gasteiger partial charge < -0.3 is 16.4 Å². The van der Waals surface area contributed by atoms with Gasteiger partial charge in [0.2, 0.25) is 5.91 Å². The lowest BCUT2D eigenvalue weighted by Gasteiger charge is -2.45. The smallest absolute Gasteiger partial charge is 0.250 e. The van der Waals surface area contributed by atoms with Crippen molar-refractivity contribution in [2.24, 2.45) is 11.1 Å². The Balaban J connectivity index is 1.56. The molecule has 1 aromatic rings. The molecule has 2 fully saturated rings. The lowest BCUT2D eigenvalue weighted by atomic mass is 9.65. The van der Waals surface area contributed by atoms with Crippen molar-refractivity contribution in [3.8, 4) is 0 Å². The largest absolute Gasteiger partial charge is 0.367 e. The van der Waals surface area contributed by atoms with Crippen molar-refractivity contribution < 1.29 is 4.79 Å². The SMILES string of the molecule is NC(=O)c1ccc(NC2CC3(CCNC3)C2)nc1. The van der Waals surface area contributed by atoms with Gasteiger partial charge in [-0.05, 0) is 43.4 Å². The number of anilines is 1. The van der Waals surface area contributed by atoms with Gasteiger partial charge in [0.25, 0.3) is 0 Å². The van der Waals surface area contributed by atoms with E-state index in [2.05, 4.69) is 15.6 Å². The van der Waals surface area contributed by atoms with E-state index in [1.807, 2.05) is 6.07 Å². The van der Waals surface area contributed by atoms with Crippen LogP contribution in [0.4, 0.5) is 5.82 Å². The molecule has 5 heteroatoms. The Morgan fingerprint density at radius 3 is 2.89 bits per heavy atom. The fraction of sp³-hybridized carbons (Fsp3) is 0.538. The van der Waals surface area contributed by atoms with Crippen molar-refractivity contribution in [2.75, 3.05) is 18.4 Å². The second-order valence-electron chi connectivity index (χ2n) is 5.47. The Kier molecular flexibility index (Phi) is 2.70. The van der Waals surface area contributed by atoms with Crippen LogP contribution in [0.15, 0.2) is 18.3 Å². The minimum atomic E-state index is -0.436. The molecule has 1 aliphatic carbocycles. The van der Waals surface area contributed by atoms with Crippen LogP contribution >= 0.6 is 0 Å². The number of primary amides is 1. The van der Waals surface area contributed by atoms with Crippen molar-refractivity contribution in [1.82, 2.24) is 10.3 Å². The highest BCUT2D eigenvalue weighted by atomic mass is 16.1. The average molecular weight is 246 g/mol. The summed E-state index contributed by atoms with van der Waals surface area (Å²) < 4.78 is 0. The van der Waals surface area contributed by atoms with E-state index in [1.165, 1.54) is 25.5 Å². The van der Waals surface area contributed by atoms with Gasteiger partial charge in [-0.15, -0.1) is 0 Å². The standard InChI is InChI=1S/C13H18N4O/c14-12(18)9-1-2-11(16-7-9)17-10-5-13(6-10)3-4-15-8-13/h1-2,7,10,15H,3-6,8H2,(H2,14,18)(H,16,17). The molecular weight excluding hydrogens is 228 g/mol. The molecule has 3 rings (SSSR count). The molecule has 0 aromatic carbocycles. The lowest BCUT2D eigenvalue weighted by Crippen LogP contribution is -2.46. The molecule has 1 amide bonds. The minimum Gasteiger partial charge on any atom is -0.367 e. The van der Waals surface area contributed by atoms with Crippen LogP contribution in [0.1, 0.15) is 29.6 Å². The van der Waals surface area contributed by atoms with E-state index in [4.69, 9.17) is 5.73 Å². The third-order valence-corrected chi connectivity index (χ3v) is 4.09. The van der Waals surface area contributed by atoms with Crippen LogP contribution in [0.3, 0.4) is 0 Å². The third-order valence-electron chi connectivity index (χ3n) is 4.09. The molecule has 96 valence electrons. The van der Waals surface area contributed by atoms with Gasteiger partial charge >= 0.3 is 0 Å². The average Bonchev–Trinajstić information content (AvgIpc) is 2.78. The molecule has 0 atom stereocenters. The van der Waals surface area contributed by atoms with E-state index in [-0.39, 0.29) is 0 Å². The van der Waals surface area contributed by atoms with E-state index in [9.17, 15) is 4.79 Å². The third kappa shape index (κ3) is 2.06. The maximum Gasteiger partial charge on any atom is 0.250 e. The van der Waals surface area contributed by atoms with Crippen molar-refractivity contribution in [3.05, 3.63) is 23.9 Å². The molecule has 1 spiro atoms. The Morgan fingerprint density at radius 1 is 1.50 bits per heavy atom. The van der Waals surface area contributed by atoms with Crippen molar-refractivity contribution >= 4 is 11.7 Å². The molecule has 5 nitrogen and oxygen atoms in total. The van der Waals surface area contributed by atoms with Crippen LogP contribution in [0.5, 0.6) is 0 Å². The minimum absolute atomic E-state index is 0.436. The summed E-state index contributed by atoms with van der Waals surface area (Å²) in [6.07, 6.45) is 5.23. The Morgan fingerprint density at radius 2 is 2.33 bits per heavy atom. The van der Waals surface area contributed by atoms with Gasteiger partial charge in [0.05, 0.1) is 5.56 Å². The van der Waals surface area contributed by atoms with E-state index in [1.54, 1.807) is 6.07 Å². The lowest BCUT2D eigenvalue weighted by molar-refractivity contribution is 0.1000. The molecule has 1 saturated heterocycles. The molecule has 1 aromatic heterocycles. The number of aromatic nitrogens is 1. The number of nitrogens with two attached hydrogens (primary N) is 1. The fourth-order valence-electron chi connectivity index (χ4n) is 3.07. The summed E-state index contributed by atoms with van der Waals surface area (Å²) in [5.41, 5.74) is 6.16. The van der Waals surface area contributed by atoms with E-state index in [0.717, 1.165) is 18.9 Å². The Labute approximate surface area is 106 Å². The van der Waals surface area contributed by atoms with E-state index in [0.29, 0.717) is 17.0 Å². The zero-order valence-electron chi connectivity index (χ0n) is 10.3. The topological polar surface area (TPSA) is 80.0 Å². The van der Waals surface area contributed by atoms with Gasteiger partial charge in [-0.2, -0.15) is 0 Å². The second-order valence-corrected chi connectivity index (χ2v) is 5.47. The van der Waals surface area contributed by atoms with Crippen LogP contribution in [-0.4, -0.2) is 30.0 Å². The summed E-state index contributed by atoms with van der Waals surface area (Å²) in [5, 5.41) is 6.83. The first kappa shape index (κ1) is 11.5. The molecule has 0 bridgehead atoms. The summed E-state index contributed by atoms with van der Waals surface area (Å²) >= 11 is 0. The number of pyridine rings is 1. The zero-order chi connectivity index (χ0) is 12.6. The molecule has 0 radical (unpaired) electrons. The van der Waals surface area contributed by atoms with Gasteiger partial charge in [-0.3, -0.25) is 4.79 Å². The number of hydrogen-bond acceptors (Lipinski definition) is 4. The number of rotatable bonds is 3. The predicted molar refractivity (Wildman–Crippen MR) is 69.3 cm³/mol. The van der Waals surface area contributed by atoms with Crippen LogP contribution in [-0.2, 0) is 0 Å². The summed E-state index contributed by atoms with van der Waals surface area (Å²) in [4.78, 5) is 15.1. The Hall–Kier alpha value is -1.62. The number of carbonyl (C=O) groups excluding carboxylic acids is 1. The highest BCUT2D eigenvalue weighted by Crippen LogP contribution is 2.46. The second kappa shape index (κ2) is 4.24. The van der Waals surface area contributed by atoms with Crippen LogP contribution in [0.2, 0.25) is 0 Å². The van der Waals surface area contributed by atoms with Crippen LogP contribution in [0.25, 0.3) is 0 Å². The number of amides is 1. The number of hydrogen-bond donors (Lipinski definition) is 3. The van der Waals surface area contributed by atoms with Gasteiger partial charge in [0.15, 0.2) is 0 Å².